The Kier molecular flexibility index (Phi) is 2.28. The lowest BCUT2D eigenvalue weighted by Gasteiger charge is -2.06. The Morgan fingerprint density at radius 2 is 1.79 bits per heavy atom. The van der Waals surface area contributed by atoms with Crippen molar-refractivity contribution in [3.05, 3.63) is 52.1 Å². The first-order chi connectivity index (χ1) is 6.66. The van der Waals surface area contributed by atoms with E-state index in [1.165, 1.54) is 27.8 Å². The Bertz CT molecular complexity index is 420. The molecule has 0 aromatic heterocycles. The zero-order valence-corrected chi connectivity index (χ0v) is 9.09. The van der Waals surface area contributed by atoms with E-state index in [1.807, 2.05) is 0 Å². The van der Waals surface area contributed by atoms with Crippen LogP contribution in [0, 0.1) is 6.92 Å². The summed E-state index contributed by atoms with van der Waals surface area (Å²) in [5, 5.41) is 0. The van der Waals surface area contributed by atoms with Gasteiger partial charge < -0.3 is 0 Å². The Morgan fingerprint density at radius 1 is 1.00 bits per heavy atom. The van der Waals surface area contributed by atoms with Crippen molar-refractivity contribution in [2.45, 2.75) is 27.2 Å². The molecule has 14 heavy (non-hydrogen) atoms. The van der Waals surface area contributed by atoms with Gasteiger partial charge in [-0.1, -0.05) is 47.1 Å². The average molecular weight is 184 g/mol. The van der Waals surface area contributed by atoms with Crippen LogP contribution in [0.2, 0.25) is 0 Å². The second-order valence-corrected chi connectivity index (χ2v) is 4.18. The summed E-state index contributed by atoms with van der Waals surface area (Å²) in [7, 11) is 0. The summed E-state index contributed by atoms with van der Waals surface area (Å²) < 4.78 is 0. The predicted octanol–water partition coefficient (Wildman–Crippen LogP) is 3.90. The summed E-state index contributed by atoms with van der Waals surface area (Å²) in [6.45, 7) is 6.55. The molecule has 2 rings (SSSR count). The topological polar surface area (TPSA) is 0 Å². The van der Waals surface area contributed by atoms with Crippen molar-refractivity contribution in [1.82, 2.24) is 0 Å². The molecule has 0 radical (unpaired) electrons. The second-order valence-electron chi connectivity index (χ2n) is 4.18. The van der Waals surface area contributed by atoms with Crippen LogP contribution in [-0.2, 0) is 6.42 Å². The molecule has 0 aliphatic heterocycles. The summed E-state index contributed by atoms with van der Waals surface area (Å²) in [6.07, 6.45) is 5.54. The van der Waals surface area contributed by atoms with Crippen LogP contribution in [0.5, 0.6) is 0 Å². The molecule has 0 saturated heterocycles. The van der Waals surface area contributed by atoms with Crippen LogP contribution in [0.25, 0.3) is 6.08 Å². The molecule has 1 aromatic carbocycles. The second kappa shape index (κ2) is 3.45. The van der Waals surface area contributed by atoms with Crippen LogP contribution in [0.1, 0.15) is 30.5 Å². The Hall–Kier alpha value is -1.30. The first-order valence-corrected chi connectivity index (χ1v) is 5.11. The van der Waals surface area contributed by atoms with Crippen LogP contribution in [-0.4, -0.2) is 0 Å². The Labute approximate surface area is 86.0 Å². The van der Waals surface area contributed by atoms with Crippen molar-refractivity contribution >= 4 is 6.08 Å². The van der Waals surface area contributed by atoms with Crippen molar-refractivity contribution in [3.63, 3.8) is 0 Å². The van der Waals surface area contributed by atoms with E-state index in [0.29, 0.717) is 0 Å². The van der Waals surface area contributed by atoms with E-state index in [0.717, 1.165) is 6.42 Å². The average Bonchev–Trinajstić information content (AvgIpc) is 2.29. The number of hydrogen-bond donors (Lipinski definition) is 0. The van der Waals surface area contributed by atoms with Gasteiger partial charge in [0.25, 0.3) is 0 Å². The van der Waals surface area contributed by atoms with Gasteiger partial charge in [0.15, 0.2) is 0 Å². The first kappa shape index (κ1) is 9.26. The smallest absolute Gasteiger partial charge is 0.00582 e. The van der Waals surface area contributed by atoms with Crippen molar-refractivity contribution in [1.29, 1.82) is 0 Å². The van der Waals surface area contributed by atoms with E-state index >= 15 is 0 Å². The molecule has 0 amide bonds. The lowest BCUT2D eigenvalue weighted by atomic mass is 9.99. The fourth-order valence-electron chi connectivity index (χ4n) is 1.81. The lowest BCUT2D eigenvalue weighted by molar-refractivity contribution is 1.11. The monoisotopic (exact) mass is 184 g/mol. The first-order valence-electron chi connectivity index (χ1n) is 5.11. The maximum Gasteiger partial charge on any atom is -0.00582 e. The highest BCUT2D eigenvalue weighted by Crippen LogP contribution is 2.23. The Morgan fingerprint density at radius 3 is 2.57 bits per heavy atom. The van der Waals surface area contributed by atoms with Crippen LogP contribution >= 0.6 is 0 Å². The van der Waals surface area contributed by atoms with E-state index in [4.69, 9.17) is 0 Å². The van der Waals surface area contributed by atoms with Crippen molar-refractivity contribution in [2.75, 3.05) is 0 Å². The molecule has 1 aliphatic rings. The molecule has 72 valence electrons. The molecule has 0 spiro atoms. The number of hydrogen-bond acceptors (Lipinski definition) is 0. The largest absolute Gasteiger partial charge is 0.0660 e. The summed E-state index contributed by atoms with van der Waals surface area (Å²) in [5.41, 5.74) is 7.04. The van der Waals surface area contributed by atoms with Gasteiger partial charge >= 0.3 is 0 Å². The lowest BCUT2D eigenvalue weighted by Crippen LogP contribution is -1.90. The van der Waals surface area contributed by atoms with E-state index in [-0.39, 0.29) is 0 Å². The number of rotatable bonds is 0. The molecule has 1 aliphatic carbocycles. The molecule has 0 saturated carbocycles. The summed E-state index contributed by atoms with van der Waals surface area (Å²) in [6, 6.07) is 6.70. The minimum atomic E-state index is 1.09. The van der Waals surface area contributed by atoms with Gasteiger partial charge in [-0.25, -0.2) is 0 Å². The van der Waals surface area contributed by atoms with E-state index in [2.05, 4.69) is 51.1 Å². The third-order valence-corrected chi connectivity index (χ3v) is 2.94. The van der Waals surface area contributed by atoms with E-state index < -0.39 is 0 Å². The third kappa shape index (κ3) is 1.65. The highest BCUT2D eigenvalue weighted by molar-refractivity contribution is 5.60. The molecule has 1 aromatic rings. The van der Waals surface area contributed by atoms with Gasteiger partial charge in [-0.2, -0.15) is 0 Å². The summed E-state index contributed by atoms with van der Waals surface area (Å²) in [4.78, 5) is 0. The SMILES string of the molecule is CC1=C(C)Cc2ccc(C)cc2C=C1. The van der Waals surface area contributed by atoms with Crippen LogP contribution < -0.4 is 0 Å². The fraction of sp³-hybridized carbons (Fsp3) is 0.286. The molecular weight excluding hydrogens is 168 g/mol. The Balaban J connectivity index is 2.52. The molecule has 0 heterocycles. The molecule has 0 bridgehead atoms. The highest BCUT2D eigenvalue weighted by Gasteiger charge is 2.06. The third-order valence-electron chi connectivity index (χ3n) is 2.94. The number of allylic oxidation sites excluding steroid dienone is 3. The van der Waals surface area contributed by atoms with Gasteiger partial charge in [0, 0.05) is 0 Å². The van der Waals surface area contributed by atoms with Crippen LogP contribution in [0.4, 0.5) is 0 Å². The van der Waals surface area contributed by atoms with Crippen LogP contribution in [0.3, 0.4) is 0 Å². The van der Waals surface area contributed by atoms with Gasteiger partial charge in [0.2, 0.25) is 0 Å². The number of fused-ring (bicyclic) bond motifs is 1. The van der Waals surface area contributed by atoms with Gasteiger partial charge in [0.1, 0.15) is 0 Å². The van der Waals surface area contributed by atoms with Crippen molar-refractivity contribution in [2.24, 2.45) is 0 Å². The normalized spacial score (nSPS) is 15.4. The molecule has 0 nitrogen and oxygen atoms in total. The summed E-state index contributed by atoms with van der Waals surface area (Å²) in [5.74, 6) is 0. The highest BCUT2D eigenvalue weighted by atomic mass is 14.1. The summed E-state index contributed by atoms with van der Waals surface area (Å²) >= 11 is 0. The zero-order valence-electron chi connectivity index (χ0n) is 9.09. The number of aryl methyl sites for hydroxylation is 1. The van der Waals surface area contributed by atoms with Gasteiger partial charge in [-0.15, -0.1) is 0 Å². The number of benzene rings is 1. The van der Waals surface area contributed by atoms with Gasteiger partial charge in [-0.05, 0) is 38.3 Å². The molecular formula is C14H16. The maximum absolute atomic E-state index is 2.26. The predicted molar refractivity (Wildman–Crippen MR) is 62.3 cm³/mol. The molecule has 0 N–H and O–H groups in total. The molecule has 0 unspecified atom stereocenters. The van der Waals surface area contributed by atoms with E-state index in [9.17, 15) is 0 Å². The molecule has 0 fully saturated rings. The van der Waals surface area contributed by atoms with E-state index in [1.54, 1.807) is 0 Å². The van der Waals surface area contributed by atoms with Crippen LogP contribution in [0.15, 0.2) is 35.4 Å². The van der Waals surface area contributed by atoms with Gasteiger partial charge in [0.05, 0.1) is 0 Å². The standard InChI is InChI=1S/C14H16/c1-10-4-6-14-9-12(3)11(2)5-7-13(14)8-10/h4-8H,9H2,1-3H3. The minimum absolute atomic E-state index is 1.09. The van der Waals surface area contributed by atoms with Crippen molar-refractivity contribution in [3.8, 4) is 0 Å². The van der Waals surface area contributed by atoms with Gasteiger partial charge in [-0.3, -0.25) is 0 Å². The van der Waals surface area contributed by atoms with Crippen molar-refractivity contribution < 1.29 is 0 Å². The quantitative estimate of drug-likeness (QED) is 0.573. The maximum atomic E-state index is 2.26. The zero-order chi connectivity index (χ0) is 10.1. The fourth-order valence-corrected chi connectivity index (χ4v) is 1.81. The molecule has 0 atom stereocenters. The minimum Gasteiger partial charge on any atom is -0.0660 e. The molecule has 0 heteroatoms.